The fraction of sp³-hybridized carbons (Fsp3) is 0.818. The summed E-state index contributed by atoms with van der Waals surface area (Å²) in [5, 5.41) is 11.2. The van der Waals surface area contributed by atoms with Crippen LogP contribution >= 0.6 is 0 Å². The summed E-state index contributed by atoms with van der Waals surface area (Å²) in [4.78, 5) is 22.5. The predicted octanol–water partition coefficient (Wildman–Crippen LogP) is -0.984. The van der Waals surface area contributed by atoms with Crippen LogP contribution in [0.15, 0.2) is 0 Å². The molecular weight excluding hydrogens is 288 g/mol. The van der Waals surface area contributed by atoms with E-state index in [-0.39, 0.29) is 25.8 Å². The smallest absolute Gasteiger partial charge is 0.304 e. The molecule has 20 heavy (non-hydrogen) atoms. The lowest BCUT2D eigenvalue weighted by Gasteiger charge is -2.33. The summed E-state index contributed by atoms with van der Waals surface area (Å²) in [6.45, 7) is 3.76. The molecule has 0 radical (unpaired) electrons. The van der Waals surface area contributed by atoms with Crippen molar-refractivity contribution in [2.45, 2.75) is 32.4 Å². The highest BCUT2D eigenvalue weighted by Crippen LogP contribution is 2.14. The second-order valence-corrected chi connectivity index (χ2v) is 6.87. The lowest BCUT2D eigenvalue weighted by atomic mass is 10.2. The third-order valence-electron chi connectivity index (χ3n) is 2.74. The van der Waals surface area contributed by atoms with Crippen LogP contribution in [0.1, 0.15) is 20.3 Å². The summed E-state index contributed by atoms with van der Waals surface area (Å²) in [7, 11) is -3.80. The van der Waals surface area contributed by atoms with E-state index in [4.69, 9.17) is 9.84 Å². The van der Waals surface area contributed by atoms with E-state index >= 15 is 0 Å². The Labute approximate surface area is 118 Å². The highest BCUT2D eigenvalue weighted by molar-refractivity contribution is 7.89. The molecule has 9 heteroatoms. The number of carbonyl (C=O) groups excluding carboxylic acids is 1. The fourth-order valence-electron chi connectivity index (χ4n) is 1.84. The number of hydrogen-bond acceptors (Lipinski definition) is 5. The number of rotatable bonds is 6. The number of amides is 1. The Balaban J connectivity index is 2.82. The van der Waals surface area contributed by atoms with Gasteiger partial charge >= 0.3 is 5.97 Å². The van der Waals surface area contributed by atoms with Gasteiger partial charge in [0.1, 0.15) is 6.04 Å². The molecule has 0 aromatic carbocycles. The van der Waals surface area contributed by atoms with Crippen LogP contribution in [0.4, 0.5) is 0 Å². The van der Waals surface area contributed by atoms with Gasteiger partial charge in [0, 0.05) is 12.6 Å². The standard InChI is InChI=1S/C11H20N2O6S/c1-8(2)12-11(16)9-7-19-5-4-13(9)20(17,18)6-3-10(14)15/h8-9H,3-7H2,1-2H3,(H,12,16)(H,14,15). The molecule has 0 aromatic rings. The summed E-state index contributed by atoms with van der Waals surface area (Å²) < 4.78 is 30.4. The maximum Gasteiger partial charge on any atom is 0.304 e. The minimum absolute atomic E-state index is 0.0230. The normalized spacial score (nSPS) is 20.9. The Morgan fingerprint density at radius 2 is 2.10 bits per heavy atom. The van der Waals surface area contributed by atoms with E-state index in [2.05, 4.69) is 5.32 Å². The van der Waals surface area contributed by atoms with E-state index in [9.17, 15) is 18.0 Å². The molecule has 0 aliphatic carbocycles. The molecule has 1 rings (SSSR count). The number of ether oxygens (including phenoxy) is 1. The number of carboxylic acid groups (broad SMARTS) is 1. The van der Waals surface area contributed by atoms with Gasteiger partial charge in [0.25, 0.3) is 0 Å². The van der Waals surface area contributed by atoms with Gasteiger partial charge in [-0.2, -0.15) is 4.31 Å². The van der Waals surface area contributed by atoms with Crippen LogP contribution in [0.2, 0.25) is 0 Å². The van der Waals surface area contributed by atoms with Gasteiger partial charge in [-0.25, -0.2) is 8.42 Å². The van der Waals surface area contributed by atoms with Crippen LogP contribution in [0, 0.1) is 0 Å². The molecule has 1 aliphatic rings. The van der Waals surface area contributed by atoms with Crippen LogP contribution < -0.4 is 5.32 Å². The first-order chi connectivity index (χ1) is 9.24. The number of nitrogens with one attached hydrogen (secondary N) is 1. The molecule has 1 saturated heterocycles. The van der Waals surface area contributed by atoms with Gasteiger partial charge in [0.2, 0.25) is 15.9 Å². The Kier molecular flexibility index (Phi) is 5.90. The number of hydrogen-bond donors (Lipinski definition) is 2. The fourth-order valence-corrected chi connectivity index (χ4v) is 3.41. The van der Waals surface area contributed by atoms with Crippen LogP contribution in [-0.2, 0) is 24.3 Å². The van der Waals surface area contributed by atoms with Crippen LogP contribution in [0.3, 0.4) is 0 Å². The van der Waals surface area contributed by atoms with Crippen molar-refractivity contribution in [1.82, 2.24) is 9.62 Å². The number of aliphatic carboxylic acids is 1. The number of carboxylic acids is 1. The number of carbonyl (C=O) groups is 2. The molecule has 116 valence electrons. The second-order valence-electron chi connectivity index (χ2n) is 4.82. The minimum atomic E-state index is -3.80. The molecule has 1 atom stereocenters. The maximum absolute atomic E-state index is 12.1. The number of sulfonamides is 1. The van der Waals surface area contributed by atoms with Crippen molar-refractivity contribution in [1.29, 1.82) is 0 Å². The topological polar surface area (TPSA) is 113 Å². The van der Waals surface area contributed by atoms with E-state index < -0.39 is 40.1 Å². The Morgan fingerprint density at radius 1 is 1.45 bits per heavy atom. The first-order valence-corrected chi connectivity index (χ1v) is 7.94. The highest BCUT2D eigenvalue weighted by atomic mass is 32.2. The summed E-state index contributed by atoms with van der Waals surface area (Å²) >= 11 is 0. The van der Waals surface area contributed by atoms with Gasteiger partial charge in [-0.05, 0) is 13.8 Å². The lowest BCUT2D eigenvalue weighted by molar-refractivity contribution is -0.136. The van der Waals surface area contributed by atoms with Crippen LogP contribution in [-0.4, -0.2) is 67.3 Å². The molecule has 2 N–H and O–H groups in total. The van der Waals surface area contributed by atoms with E-state index in [0.717, 1.165) is 4.31 Å². The van der Waals surface area contributed by atoms with Crippen molar-refractivity contribution in [3.05, 3.63) is 0 Å². The molecule has 8 nitrogen and oxygen atoms in total. The number of morpholine rings is 1. The SMILES string of the molecule is CC(C)NC(=O)C1COCCN1S(=O)(=O)CCC(=O)O. The summed E-state index contributed by atoms with van der Waals surface area (Å²) in [6, 6.07) is -1.06. The van der Waals surface area contributed by atoms with Gasteiger partial charge < -0.3 is 15.2 Å². The average Bonchev–Trinajstić information content (AvgIpc) is 2.36. The molecular formula is C11H20N2O6S. The van der Waals surface area contributed by atoms with Crippen molar-refractivity contribution in [3.63, 3.8) is 0 Å². The summed E-state index contributed by atoms with van der Waals surface area (Å²) in [5.41, 5.74) is 0. The molecule has 1 fully saturated rings. The maximum atomic E-state index is 12.1. The van der Waals surface area contributed by atoms with Crippen molar-refractivity contribution >= 4 is 21.9 Å². The zero-order valence-electron chi connectivity index (χ0n) is 11.5. The van der Waals surface area contributed by atoms with Crippen molar-refractivity contribution in [3.8, 4) is 0 Å². The zero-order chi connectivity index (χ0) is 15.3. The third-order valence-corrected chi connectivity index (χ3v) is 4.62. The Bertz CT molecular complexity index is 462. The monoisotopic (exact) mass is 308 g/mol. The van der Waals surface area contributed by atoms with Crippen molar-refractivity contribution in [2.24, 2.45) is 0 Å². The van der Waals surface area contributed by atoms with Gasteiger partial charge in [-0.15, -0.1) is 0 Å². The van der Waals surface area contributed by atoms with Gasteiger partial charge in [-0.3, -0.25) is 9.59 Å². The molecule has 0 saturated carbocycles. The quantitative estimate of drug-likeness (QED) is 0.652. The van der Waals surface area contributed by atoms with E-state index in [1.807, 2.05) is 0 Å². The molecule has 1 heterocycles. The molecule has 0 aromatic heterocycles. The first-order valence-electron chi connectivity index (χ1n) is 6.33. The lowest BCUT2D eigenvalue weighted by Crippen LogP contribution is -2.57. The molecule has 1 aliphatic heterocycles. The third kappa shape index (κ3) is 4.73. The van der Waals surface area contributed by atoms with Crippen molar-refractivity contribution < 1.29 is 27.9 Å². The molecule has 0 spiro atoms. The molecule has 1 amide bonds. The average molecular weight is 308 g/mol. The second kappa shape index (κ2) is 7.00. The largest absolute Gasteiger partial charge is 0.481 e. The Hall–Kier alpha value is -1.19. The first kappa shape index (κ1) is 16.9. The van der Waals surface area contributed by atoms with Crippen LogP contribution in [0.5, 0.6) is 0 Å². The molecule has 0 bridgehead atoms. The van der Waals surface area contributed by atoms with E-state index in [1.165, 1.54) is 0 Å². The van der Waals surface area contributed by atoms with Crippen molar-refractivity contribution in [2.75, 3.05) is 25.5 Å². The summed E-state index contributed by atoms with van der Waals surface area (Å²) in [5.74, 6) is -2.14. The van der Waals surface area contributed by atoms with Crippen LogP contribution in [0.25, 0.3) is 0 Å². The summed E-state index contributed by atoms with van der Waals surface area (Å²) in [6.07, 6.45) is -0.488. The van der Waals surface area contributed by atoms with E-state index in [1.54, 1.807) is 13.8 Å². The zero-order valence-corrected chi connectivity index (χ0v) is 12.4. The van der Waals surface area contributed by atoms with E-state index in [0.29, 0.717) is 0 Å². The predicted molar refractivity (Wildman–Crippen MR) is 70.6 cm³/mol. The number of nitrogens with zero attached hydrogens (tertiary/aromatic N) is 1. The minimum Gasteiger partial charge on any atom is -0.481 e. The molecule has 1 unspecified atom stereocenters. The van der Waals surface area contributed by atoms with Gasteiger partial charge in [-0.1, -0.05) is 0 Å². The van der Waals surface area contributed by atoms with Gasteiger partial charge in [0.15, 0.2) is 0 Å². The van der Waals surface area contributed by atoms with Gasteiger partial charge in [0.05, 0.1) is 25.4 Å². The Morgan fingerprint density at radius 3 is 2.65 bits per heavy atom. The highest BCUT2D eigenvalue weighted by Gasteiger charge is 2.37.